The van der Waals surface area contributed by atoms with Gasteiger partial charge >= 0.3 is 11.6 Å². The third-order valence-corrected chi connectivity index (χ3v) is 5.60. The van der Waals surface area contributed by atoms with E-state index < -0.39 is 22.4 Å². The summed E-state index contributed by atoms with van der Waals surface area (Å²) in [4.78, 5) is 47.4. The number of nitrogens with one attached hydrogen (secondary N) is 1. The van der Waals surface area contributed by atoms with E-state index in [-0.39, 0.29) is 28.6 Å². The molecule has 0 atom stereocenters. The van der Waals surface area contributed by atoms with Crippen molar-refractivity contribution in [3.05, 3.63) is 86.3 Å². The van der Waals surface area contributed by atoms with Gasteiger partial charge in [0, 0.05) is 35.7 Å². The molecule has 1 fully saturated rings. The quantitative estimate of drug-likeness (QED) is 0.144. The summed E-state index contributed by atoms with van der Waals surface area (Å²) < 4.78 is 10.5. The molecular formula is C25H22N2O7. The van der Waals surface area contributed by atoms with E-state index in [1.54, 1.807) is 12.1 Å². The Kier molecular flexibility index (Phi) is 6.82. The van der Waals surface area contributed by atoms with Crippen molar-refractivity contribution in [2.45, 2.75) is 38.1 Å². The lowest BCUT2D eigenvalue weighted by molar-refractivity contribution is -0.384. The molecule has 4 rings (SSSR count). The van der Waals surface area contributed by atoms with E-state index >= 15 is 0 Å². The van der Waals surface area contributed by atoms with Gasteiger partial charge in [-0.2, -0.15) is 0 Å². The van der Waals surface area contributed by atoms with Crippen LogP contribution in [0.15, 0.2) is 63.8 Å². The van der Waals surface area contributed by atoms with Crippen LogP contribution in [-0.2, 0) is 4.79 Å². The SMILES string of the molecule is O=C(/C=C/c1cccc([N+](=O)[O-])c1)Oc1ccc2cc(C(=O)NC3CCCCC3)c(=O)oc2c1. The summed E-state index contributed by atoms with van der Waals surface area (Å²) in [5, 5.41) is 14.3. The maximum Gasteiger partial charge on any atom is 0.349 e. The zero-order valence-corrected chi connectivity index (χ0v) is 18.2. The van der Waals surface area contributed by atoms with Gasteiger partial charge in [0.25, 0.3) is 11.6 Å². The van der Waals surface area contributed by atoms with Gasteiger partial charge in [0.1, 0.15) is 16.9 Å². The summed E-state index contributed by atoms with van der Waals surface area (Å²) in [7, 11) is 0. The lowest BCUT2D eigenvalue weighted by atomic mass is 9.95. The first-order valence-electron chi connectivity index (χ1n) is 10.9. The predicted octanol–water partition coefficient (Wildman–Crippen LogP) is 4.38. The minimum atomic E-state index is -0.769. The number of hydrogen-bond acceptors (Lipinski definition) is 7. The number of rotatable bonds is 6. The van der Waals surface area contributed by atoms with E-state index in [1.807, 2.05) is 0 Å². The van der Waals surface area contributed by atoms with E-state index in [0.29, 0.717) is 10.9 Å². The van der Waals surface area contributed by atoms with Crippen LogP contribution in [0.2, 0.25) is 0 Å². The second-order valence-corrected chi connectivity index (χ2v) is 8.06. The second kappa shape index (κ2) is 10.1. The predicted molar refractivity (Wildman–Crippen MR) is 125 cm³/mol. The molecule has 1 aliphatic rings. The Bertz CT molecular complexity index is 1340. The standard InChI is InChI=1S/C25H22N2O7/c28-23(12-9-16-5-4-8-19(13-16)27(31)32)33-20-11-10-17-14-21(25(30)34-22(17)15-20)24(29)26-18-6-2-1-3-7-18/h4-5,8-15,18H,1-3,6-7H2,(H,26,29)/b12-9+. The highest BCUT2D eigenvalue weighted by Gasteiger charge is 2.20. The zero-order chi connectivity index (χ0) is 24.1. The highest BCUT2D eigenvalue weighted by Crippen LogP contribution is 2.22. The summed E-state index contributed by atoms with van der Waals surface area (Å²) in [6.07, 6.45) is 7.59. The van der Waals surface area contributed by atoms with Gasteiger partial charge in [-0.1, -0.05) is 31.4 Å². The molecule has 9 nitrogen and oxygen atoms in total. The summed E-state index contributed by atoms with van der Waals surface area (Å²) in [5.74, 6) is -1.02. The summed E-state index contributed by atoms with van der Waals surface area (Å²) in [6, 6.07) is 11.8. The number of non-ortho nitro benzene ring substituents is 1. The monoisotopic (exact) mass is 462 g/mol. The van der Waals surface area contributed by atoms with Crippen LogP contribution in [0.1, 0.15) is 48.0 Å². The van der Waals surface area contributed by atoms with Gasteiger partial charge in [0.2, 0.25) is 0 Å². The molecule has 1 heterocycles. The van der Waals surface area contributed by atoms with Crippen LogP contribution in [0.3, 0.4) is 0 Å². The fourth-order valence-corrected chi connectivity index (χ4v) is 3.88. The zero-order valence-electron chi connectivity index (χ0n) is 18.2. The third kappa shape index (κ3) is 5.55. The number of nitrogens with zero attached hydrogens (tertiary/aromatic N) is 1. The Labute approximate surface area is 194 Å². The molecule has 1 saturated carbocycles. The number of benzene rings is 2. The normalized spacial score (nSPS) is 14.2. The number of nitro benzene ring substituents is 1. The van der Waals surface area contributed by atoms with Crippen molar-refractivity contribution in [3.8, 4) is 5.75 Å². The molecule has 0 unspecified atom stereocenters. The number of nitro groups is 1. The molecular weight excluding hydrogens is 440 g/mol. The number of hydrogen-bond donors (Lipinski definition) is 1. The lowest BCUT2D eigenvalue weighted by Crippen LogP contribution is -2.38. The molecule has 1 N–H and O–H groups in total. The van der Waals surface area contributed by atoms with Gasteiger partial charge in [0.05, 0.1) is 4.92 Å². The molecule has 2 aromatic carbocycles. The topological polar surface area (TPSA) is 129 Å². The van der Waals surface area contributed by atoms with Crippen molar-refractivity contribution in [1.29, 1.82) is 0 Å². The highest BCUT2D eigenvalue weighted by atomic mass is 16.6. The molecule has 0 aliphatic heterocycles. The number of amides is 1. The number of carbonyl (C=O) groups excluding carboxylic acids is 2. The van der Waals surface area contributed by atoms with Gasteiger partial charge in [-0.25, -0.2) is 9.59 Å². The lowest BCUT2D eigenvalue weighted by Gasteiger charge is -2.22. The van der Waals surface area contributed by atoms with Crippen molar-refractivity contribution in [2.24, 2.45) is 0 Å². The van der Waals surface area contributed by atoms with Gasteiger partial charge in [0.15, 0.2) is 0 Å². The molecule has 0 spiro atoms. The van der Waals surface area contributed by atoms with Crippen molar-refractivity contribution in [3.63, 3.8) is 0 Å². The first-order chi connectivity index (χ1) is 16.4. The molecule has 174 valence electrons. The van der Waals surface area contributed by atoms with Gasteiger partial charge in [-0.15, -0.1) is 0 Å². The van der Waals surface area contributed by atoms with Crippen LogP contribution in [0, 0.1) is 10.1 Å². The Morgan fingerprint density at radius 3 is 2.65 bits per heavy atom. The number of fused-ring (bicyclic) bond motifs is 1. The summed E-state index contributed by atoms with van der Waals surface area (Å²) >= 11 is 0. The first kappa shape index (κ1) is 22.9. The number of carbonyl (C=O) groups is 2. The Balaban J connectivity index is 1.46. The van der Waals surface area contributed by atoms with Gasteiger partial charge in [-0.05, 0) is 42.7 Å². The smallest absolute Gasteiger partial charge is 0.349 e. The van der Waals surface area contributed by atoms with Crippen LogP contribution in [0.25, 0.3) is 17.0 Å². The molecule has 0 saturated heterocycles. The summed E-state index contributed by atoms with van der Waals surface area (Å²) in [5.41, 5.74) is -0.286. The molecule has 0 radical (unpaired) electrons. The first-order valence-corrected chi connectivity index (χ1v) is 10.9. The van der Waals surface area contributed by atoms with Crippen molar-refractivity contribution in [2.75, 3.05) is 0 Å². The minimum absolute atomic E-state index is 0.0632. The molecule has 1 aliphatic carbocycles. The highest BCUT2D eigenvalue weighted by molar-refractivity contribution is 5.97. The van der Waals surface area contributed by atoms with Crippen LogP contribution < -0.4 is 15.7 Å². The van der Waals surface area contributed by atoms with Crippen molar-refractivity contribution in [1.82, 2.24) is 5.32 Å². The Morgan fingerprint density at radius 2 is 1.88 bits per heavy atom. The number of esters is 1. The van der Waals surface area contributed by atoms with Crippen LogP contribution >= 0.6 is 0 Å². The average molecular weight is 462 g/mol. The fourth-order valence-electron chi connectivity index (χ4n) is 3.88. The van der Waals surface area contributed by atoms with E-state index in [0.717, 1.165) is 38.2 Å². The van der Waals surface area contributed by atoms with Gasteiger partial charge < -0.3 is 14.5 Å². The Morgan fingerprint density at radius 1 is 1.09 bits per heavy atom. The van der Waals surface area contributed by atoms with E-state index in [1.165, 1.54) is 42.5 Å². The summed E-state index contributed by atoms with van der Waals surface area (Å²) in [6.45, 7) is 0. The maximum absolute atomic E-state index is 12.6. The molecule has 34 heavy (non-hydrogen) atoms. The maximum atomic E-state index is 12.6. The third-order valence-electron chi connectivity index (χ3n) is 5.60. The fraction of sp³-hybridized carbons (Fsp3) is 0.240. The molecule has 0 bridgehead atoms. The van der Waals surface area contributed by atoms with E-state index in [9.17, 15) is 24.5 Å². The van der Waals surface area contributed by atoms with Crippen LogP contribution in [0.5, 0.6) is 5.75 Å². The van der Waals surface area contributed by atoms with E-state index in [2.05, 4.69) is 5.32 Å². The molecule has 3 aromatic rings. The van der Waals surface area contributed by atoms with Gasteiger partial charge in [-0.3, -0.25) is 14.9 Å². The van der Waals surface area contributed by atoms with E-state index in [4.69, 9.17) is 9.15 Å². The Hall–Kier alpha value is -4.27. The second-order valence-electron chi connectivity index (χ2n) is 8.06. The largest absolute Gasteiger partial charge is 0.423 e. The molecule has 1 amide bonds. The molecule has 1 aromatic heterocycles. The van der Waals surface area contributed by atoms with Crippen molar-refractivity contribution < 1.29 is 23.7 Å². The molecule has 9 heteroatoms. The average Bonchev–Trinajstić information content (AvgIpc) is 2.83. The minimum Gasteiger partial charge on any atom is -0.423 e. The van der Waals surface area contributed by atoms with Crippen LogP contribution in [0.4, 0.5) is 5.69 Å². The number of ether oxygens (including phenoxy) is 1. The van der Waals surface area contributed by atoms with Crippen molar-refractivity contribution >= 4 is 34.6 Å². The van der Waals surface area contributed by atoms with Crippen LogP contribution in [-0.4, -0.2) is 22.8 Å².